The Balaban J connectivity index is 1.42. The molecule has 2 aliphatic rings. The van der Waals surface area contributed by atoms with Crippen LogP contribution >= 0.6 is 0 Å². The molecule has 6 heteroatoms. The molecule has 6 nitrogen and oxygen atoms in total. The highest BCUT2D eigenvalue weighted by Gasteiger charge is 2.28. The van der Waals surface area contributed by atoms with Gasteiger partial charge in [0.15, 0.2) is 0 Å². The zero-order valence-corrected chi connectivity index (χ0v) is 12.5. The number of piperazine rings is 1. The highest BCUT2D eigenvalue weighted by Crippen LogP contribution is 2.16. The minimum Gasteiger partial charge on any atom is -0.380 e. The average Bonchev–Trinajstić information content (AvgIpc) is 3.25. The molecular formula is C16H20N4O2. The van der Waals surface area contributed by atoms with Gasteiger partial charge in [-0.05, 0) is 18.6 Å². The average molecular weight is 300 g/mol. The molecule has 0 spiro atoms. The van der Waals surface area contributed by atoms with Gasteiger partial charge in [0.05, 0.1) is 12.2 Å². The van der Waals surface area contributed by atoms with Crippen LogP contribution in [0.5, 0.6) is 0 Å². The van der Waals surface area contributed by atoms with Gasteiger partial charge >= 0.3 is 0 Å². The van der Waals surface area contributed by atoms with Gasteiger partial charge in [-0.3, -0.25) is 9.69 Å². The molecule has 22 heavy (non-hydrogen) atoms. The minimum absolute atomic E-state index is 0.109. The van der Waals surface area contributed by atoms with Crippen LogP contribution in [0.15, 0.2) is 30.7 Å². The van der Waals surface area contributed by atoms with E-state index >= 15 is 0 Å². The summed E-state index contributed by atoms with van der Waals surface area (Å²) in [5.41, 5.74) is 1.59. The minimum atomic E-state index is 0.109. The number of pyridine rings is 1. The van der Waals surface area contributed by atoms with E-state index in [1.807, 2.05) is 33.8 Å². The molecule has 4 heterocycles. The van der Waals surface area contributed by atoms with Crippen LogP contribution in [-0.2, 0) is 4.74 Å². The van der Waals surface area contributed by atoms with Crippen molar-refractivity contribution in [2.24, 2.45) is 0 Å². The van der Waals surface area contributed by atoms with Crippen molar-refractivity contribution in [2.75, 3.05) is 39.4 Å². The maximum atomic E-state index is 12.6. The number of amides is 1. The molecule has 0 saturated carbocycles. The number of fused-ring (bicyclic) bond motifs is 1. The number of nitrogens with zero attached hydrogens (tertiary/aromatic N) is 4. The molecule has 0 aromatic carbocycles. The van der Waals surface area contributed by atoms with Crippen molar-refractivity contribution in [1.29, 1.82) is 0 Å². The topological polar surface area (TPSA) is 50.1 Å². The fourth-order valence-corrected chi connectivity index (χ4v) is 3.33. The summed E-state index contributed by atoms with van der Waals surface area (Å²) < 4.78 is 7.34. The first-order valence-corrected chi connectivity index (χ1v) is 7.85. The first-order chi connectivity index (χ1) is 10.8. The van der Waals surface area contributed by atoms with Crippen molar-refractivity contribution < 1.29 is 9.53 Å². The highest BCUT2D eigenvalue weighted by molar-refractivity contribution is 5.94. The number of carbonyl (C=O) groups excluding carboxylic acids is 1. The smallest absolute Gasteiger partial charge is 0.255 e. The molecule has 2 aromatic rings. The Kier molecular flexibility index (Phi) is 3.56. The van der Waals surface area contributed by atoms with Gasteiger partial charge < -0.3 is 14.0 Å². The maximum absolute atomic E-state index is 12.6. The van der Waals surface area contributed by atoms with Crippen LogP contribution in [0.4, 0.5) is 0 Å². The lowest BCUT2D eigenvalue weighted by molar-refractivity contribution is 0.0549. The molecule has 4 rings (SSSR count). The molecular weight excluding hydrogens is 280 g/mol. The quantitative estimate of drug-likeness (QED) is 0.826. The second kappa shape index (κ2) is 5.70. The summed E-state index contributed by atoms with van der Waals surface area (Å²) in [5.74, 6) is 0.109. The van der Waals surface area contributed by atoms with E-state index in [1.165, 1.54) is 0 Å². The monoisotopic (exact) mass is 300 g/mol. The van der Waals surface area contributed by atoms with Gasteiger partial charge in [0.25, 0.3) is 5.91 Å². The van der Waals surface area contributed by atoms with Crippen molar-refractivity contribution in [2.45, 2.75) is 12.5 Å². The van der Waals surface area contributed by atoms with Crippen molar-refractivity contribution >= 4 is 11.6 Å². The molecule has 0 bridgehead atoms. The lowest BCUT2D eigenvalue weighted by Crippen LogP contribution is -2.52. The molecule has 1 amide bonds. The number of ether oxygens (including phenoxy) is 1. The van der Waals surface area contributed by atoms with Crippen LogP contribution in [0.3, 0.4) is 0 Å². The Morgan fingerprint density at radius 3 is 2.86 bits per heavy atom. The van der Waals surface area contributed by atoms with Crippen LogP contribution in [-0.4, -0.2) is 70.5 Å². The van der Waals surface area contributed by atoms with Gasteiger partial charge in [-0.25, -0.2) is 4.98 Å². The fraction of sp³-hybridized carbons (Fsp3) is 0.500. The fourth-order valence-electron chi connectivity index (χ4n) is 3.33. The highest BCUT2D eigenvalue weighted by atomic mass is 16.5. The van der Waals surface area contributed by atoms with E-state index in [9.17, 15) is 4.79 Å². The zero-order valence-electron chi connectivity index (χ0n) is 12.5. The van der Waals surface area contributed by atoms with E-state index in [0.717, 1.165) is 57.0 Å². The SMILES string of the molecule is O=C(c1ccc2nccn2c1)N1CCN(C2CCOC2)CC1. The van der Waals surface area contributed by atoms with Crippen molar-refractivity contribution in [3.63, 3.8) is 0 Å². The van der Waals surface area contributed by atoms with E-state index in [-0.39, 0.29) is 5.91 Å². The van der Waals surface area contributed by atoms with Gasteiger partial charge in [0.2, 0.25) is 0 Å². The van der Waals surface area contributed by atoms with Gasteiger partial charge in [0.1, 0.15) is 5.65 Å². The Bertz CT molecular complexity index is 670. The molecule has 116 valence electrons. The number of rotatable bonds is 2. The number of carbonyl (C=O) groups is 1. The van der Waals surface area contributed by atoms with Crippen LogP contribution in [0.1, 0.15) is 16.8 Å². The zero-order chi connectivity index (χ0) is 14.9. The molecule has 0 aliphatic carbocycles. The summed E-state index contributed by atoms with van der Waals surface area (Å²) in [6.45, 7) is 5.16. The molecule has 0 radical (unpaired) electrons. The molecule has 2 aromatic heterocycles. The van der Waals surface area contributed by atoms with Gasteiger partial charge in [-0.2, -0.15) is 0 Å². The van der Waals surface area contributed by atoms with Gasteiger partial charge in [0, 0.05) is 57.4 Å². The number of imidazole rings is 1. The molecule has 1 unspecified atom stereocenters. The Morgan fingerprint density at radius 1 is 1.23 bits per heavy atom. The van der Waals surface area contributed by atoms with E-state index in [2.05, 4.69) is 9.88 Å². The third kappa shape index (κ3) is 2.48. The number of hydrogen-bond donors (Lipinski definition) is 0. The second-order valence-electron chi connectivity index (χ2n) is 5.96. The summed E-state index contributed by atoms with van der Waals surface area (Å²) in [6, 6.07) is 4.29. The first-order valence-electron chi connectivity index (χ1n) is 7.85. The van der Waals surface area contributed by atoms with E-state index in [4.69, 9.17) is 4.74 Å². The van der Waals surface area contributed by atoms with Crippen molar-refractivity contribution in [1.82, 2.24) is 19.2 Å². The summed E-state index contributed by atoms with van der Waals surface area (Å²) >= 11 is 0. The number of aromatic nitrogens is 2. The van der Waals surface area contributed by atoms with Crippen LogP contribution in [0, 0.1) is 0 Å². The maximum Gasteiger partial charge on any atom is 0.255 e. The molecule has 1 atom stereocenters. The predicted molar refractivity (Wildman–Crippen MR) is 81.9 cm³/mol. The molecule has 2 aliphatic heterocycles. The molecule has 2 fully saturated rings. The molecule has 0 N–H and O–H groups in total. The predicted octanol–water partition coefficient (Wildman–Crippen LogP) is 0.881. The lowest BCUT2D eigenvalue weighted by Gasteiger charge is -2.37. The second-order valence-corrected chi connectivity index (χ2v) is 5.96. The van der Waals surface area contributed by atoms with Crippen LogP contribution < -0.4 is 0 Å². The lowest BCUT2D eigenvalue weighted by atomic mass is 10.1. The largest absolute Gasteiger partial charge is 0.380 e. The van der Waals surface area contributed by atoms with E-state index in [1.54, 1.807) is 6.20 Å². The first kappa shape index (κ1) is 13.7. The summed E-state index contributed by atoms with van der Waals surface area (Å²) in [5, 5.41) is 0. The summed E-state index contributed by atoms with van der Waals surface area (Å²) in [7, 11) is 0. The third-order valence-corrected chi connectivity index (χ3v) is 4.66. The Labute approximate surface area is 129 Å². The summed E-state index contributed by atoms with van der Waals surface area (Å²) in [6.07, 6.45) is 6.59. The van der Waals surface area contributed by atoms with Gasteiger partial charge in [-0.15, -0.1) is 0 Å². The van der Waals surface area contributed by atoms with E-state index in [0.29, 0.717) is 6.04 Å². The van der Waals surface area contributed by atoms with Crippen molar-refractivity contribution in [3.8, 4) is 0 Å². The van der Waals surface area contributed by atoms with Crippen LogP contribution in [0.2, 0.25) is 0 Å². The third-order valence-electron chi connectivity index (χ3n) is 4.66. The normalized spacial score (nSPS) is 23.3. The summed E-state index contributed by atoms with van der Waals surface area (Å²) in [4.78, 5) is 21.3. The Hall–Kier alpha value is -1.92. The standard InChI is InChI=1S/C16H20N4O2/c21-16(13-1-2-15-17-4-5-20(15)11-13)19-8-6-18(7-9-19)14-3-10-22-12-14/h1-2,4-5,11,14H,3,6-10,12H2. The van der Waals surface area contributed by atoms with E-state index < -0.39 is 0 Å². The van der Waals surface area contributed by atoms with Gasteiger partial charge in [-0.1, -0.05) is 0 Å². The number of hydrogen-bond acceptors (Lipinski definition) is 4. The van der Waals surface area contributed by atoms with Crippen molar-refractivity contribution in [3.05, 3.63) is 36.3 Å². The Morgan fingerprint density at radius 2 is 2.09 bits per heavy atom. The van der Waals surface area contributed by atoms with Crippen LogP contribution in [0.25, 0.3) is 5.65 Å². The molecule has 2 saturated heterocycles.